The third-order valence-electron chi connectivity index (χ3n) is 5.75. The van der Waals surface area contributed by atoms with E-state index in [4.69, 9.17) is 0 Å². The molecule has 0 aliphatic rings. The van der Waals surface area contributed by atoms with Crippen LogP contribution in [-0.2, 0) is 23.3 Å². The Morgan fingerprint density at radius 3 is 2.12 bits per heavy atom. The van der Waals surface area contributed by atoms with Crippen molar-refractivity contribution < 1.29 is 14.0 Å². The van der Waals surface area contributed by atoms with Crippen molar-refractivity contribution in [3.63, 3.8) is 0 Å². The van der Waals surface area contributed by atoms with Gasteiger partial charge in [-0.05, 0) is 66.1 Å². The van der Waals surface area contributed by atoms with Gasteiger partial charge < -0.3 is 9.80 Å². The predicted octanol–water partition coefficient (Wildman–Crippen LogP) is 6.26. The van der Waals surface area contributed by atoms with E-state index in [1.54, 1.807) is 33.3 Å². The van der Waals surface area contributed by atoms with Gasteiger partial charge in [0.25, 0.3) is 5.91 Å². The molecule has 0 bridgehead atoms. The predicted molar refractivity (Wildman–Crippen MR) is 136 cm³/mol. The van der Waals surface area contributed by atoms with Gasteiger partial charge >= 0.3 is 0 Å². The maximum absolute atomic E-state index is 13.4. The molecule has 0 aliphatic heterocycles. The van der Waals surface area contributed by atoms with E-state index in [1.165, 1.54) is 12.1 Å². The molecule has 2 aromatic carbocycles. The Bertz CT molecular complexity index is 1080. The molecule has 0 radical (unpaired) electrons. The fourth-order valence-corrected chi connectivity index (χ4v) is 4.37. The zero-order chi connectivity index (χ0) is 24.9. The summed E-state index contributed by atoms with van der Waals surface area (Å²) in [6, 6.07) is 17.6. The summed E-state index contributed by atoms with van der Waals surface area (Å²) >= 11 is 1.58. The molecule has 0 spiro atoms. The largest absolute Gasteiger partial charge is 0.332 e. The minimum atomic E-state index is -0.311. The number of benzene rings is 2. The second kappa shape index (κ2) is 11.0. The van der Waals surface area contributed by atoms with Crippen LogP contribution in [0, 0.1) is 5.82 Å². The van der Waals surface area contributed by atoms with Crippen LogP contribution in [0.1, 0.15) is 61.0 Å². The standard InChI is InChI=1S/C28H33FN2O2S/c1-20(2)31(27(33)22-10-12-23(13-11-22)28(3,4)5)19-26(32)30(18-25-7-6-16-34-25)17-21-8-14-24(29)15-9-21/h6-16,20H,17-19H2,1-5H3. The van der Waals surface area contributed by atoms with E-state index < -0.39 is 0 Å². The Kier molecular flexibility index (Phi) is 8.26. The van der Waals surface area contributed by atoms with E-state index in [9.17, 15) is 14.0 Å². The highest BCUT2D eigenvalue weighted by atomic mass is 32.1. The van der Waals surface area contributed by atoms with Gasteiger partial charge in [-0.25, -0.2) is 4.39 Å². The van der Waals surface area contributed by atoms with Crippen molar-refractivity contribution in [2.75, 3.05) is 6.54 Å². The van der Waals surface area contributed by atoms with E-state index in [1.807, 2.05) is 55.6 Å². The van der Waals surface area contributed by atoms with E-state index in [0.29, 0.717) is 18.7 Å². The van der Waals surface area contributed by atoms with Crippen molar-refractivity contribution in [3.05, 3.63) is 93.4 Å². The molecule has 0 fully saturated rings. The number of hydrogen-bond donors (Lipinski definition) is 0. The maximum Gasteiger partial charge on any atom is 0.254 e. The Morgan fingerprint density at radius 1 is 0.941 bits per heavy atom. The summed E-state index contributed by atoms with van der Waals surface area (Å²) in [5.74, 6) is -0.623. The zero-order valence-electron chi connectivity index (χ0n) is 20.5. The Balaban J connectivity index is 1.79. The van der Waals surface area contributed by atoms with Crippen LogP contribution in [0.15, 0.2) is 66.0 Å². The topological polar surface area (TPSA) is 40.6 Å². The van der Waals surface area contributed by atoms with Crippen LogP contribution in [0.4, 0.5) is 4.39 Å². The average Bonchev–Trinajstić information content (AvgIpc) is 3.30. The summed E-state index contributed by atoms with van der Waals surface area (Å²) in [4.78, 5) is 31.2. The summed E-state index contributed by atoms with van der Waals surface area (Å²) < 4.78 is 13.4. The first kappa shape index (κ1) is 25.6. The highest BCUT2D eigenvalue weighted by Gasteiger charge is 2.25. The van der Waals surface area contributed by atoms with Crippen LogP contribution in [0.5, 0.6) is 0 Å². The third-order valence-corrected chi connectivity index (χ3v) is 6.62. The van der Waals surface area contributed by atoms with Gasteiger partial charge in [-0.1, -0.05) is 51.1 Å². The minimum Gasteiger partial charge on any atom is -0.332 e. The molecule has 0 unspecified atom stereocenters. The van der Waals surface area contributed by atoms with Gasteiger partial charge in [0.15, 0.2) is 0 Å². The number of halogens is 1. The average molecular weight is 481 g/mol. The molecule has 2 amide bonds. The summed E-state index contributed by atoms with van der Waals surface area (Å²) in [6.07, 6.45) is 0. The van der Waals surface area contributed by atoms with Gasteiger partial charge in [0.05, 0.1) is 6.54 Å². The van der Waals surface area contributed by atoms with Crippen LogP contribution in [-0.4, -0.2) is 34.2 Å². The molecule has 0 aliphatic carbocycles. The fraction of sp³-hybridized carbons (Fsp3) is 0.357. The van der Waals surface area contributed by atoms with Gasteiger partial charge in [0.2, 0.25) is 5.91 Å². The van der Waals surface area contributed by atoms with Crippen molar-refractivity contribution in [2.45, 2.75) is 59.2 Å². The van der Waals surface area contributed by atoms with E-state index >= 15 is 0 Å². The molecule has 0 atom stereocenters. The van der Waals surface area contributed by atoms with Crippen LogP contribution in [0.3, 0.4) is 0 Å². The van der Waals surface area contributed by atoms with Crippen LogP contribution in [0.2, 0.25) is 0 Å². The summed E-state index contributed by atoms with van der Waals surface area (Å²) in [5.41, 5.74) is 2.56. The molecule has 1 aromatic heterocycles. The van der Waals surface area contributed by atoms with Crippen molar-refractivity contribution in [2.24, 2.45) is 0 Å². The number of hydrogen-bond acceptors (Lipinski definition) is 3. The molecule has 0 saturated carbocycles. The molecular formula is C28H33FN2O2S. The second-order valence-electron chi connectivity index (χ2n) is 9.81. The summed E-state index contributed by atoms with van der Waals surface area (Å²) in [7, 11) is 0. The van der Waals surface area contributed by atoms with Gasteiger partial charge in [-0.2, -0.15) is 0 Å². The smallest absolute Gasteiger partial charge is 0.254 e. The number of rotatable bonds is 8. The molecule has 3 rings (SSSR count). The Labute approximate surface area is 206 Å². The number of thiophene rings is 1. The van der Waals surface area contributed by atoms with E-state index in [0.717, 1.165) is 16.0 Å². The summed E-state index contributed by atoms with van der Waals surface area (Å²) in [6.45, 7) is 11.0. The first-order chi connectivity index (χ1) is 16.0. The SMILES string of the molecule is CC(C)N(CC(=O)N(Cc1ccc(F)cc1)Cc1cccs1)C(=O)c1ccc(C(C)(C)C)cc1. The Morgan fingerprint density at radius 2 is 1.59 bits per heavy atom. The van der Waals surface area contributed by atoms with Crippen LogP contribution < -0.4 is 0 Å². The highest BCUT2D eigenvalue weighted by molar-refractivity contribution is 7.09. The lowest BCUT2D eigenvalue weighted by Gasteiger charge is -2.30. The monoisotopic (exact) mass is 480 g/mol. The fourth-order valence-electron chi connectivity index (χ4n) is 3.65. The number of carbonyl (C=O) groups excluding carboxylic acids is 2. The molecule has 0 N–H and O–H groups in total. The van der Waals surface area contributed by atoms with Gasteiger partial charge in [0.1, 0.15) is 12.4 Å². The lowest BCUT2D eigenvalue weighted by Crippen LogP contribution is -2.45. The van der Waals surface area contributed by atoms with E-state index in [-0.39, 0.29) is 35.6 Å². The van der Waals surface area contributed by atoms with Crippen LogP contribution >= 0.6 is 11.3 Å². The quantitative estimate of drug-likeness (QED) is 0.382. The van der Waals surface area contributed by atoms with Gasteiger partial charge in [0, 0.05) is 23.0 Å². The van der Waals surface area contributed by atoms with Crippen molar-refractivity contribution in [1.29, 1.82) is 0 Å². The molecule has 3 aromatic rings. The van der Waals surface area contributed by atoms with Crippen molar-refractivity contribution in [3.8, 4) is 0 Å². The van der Waals surface area contributed by atoms with Crippen molar-refractivity contribution in [1.82, 2.24) is 9.80 Å². The molecule has 0 saturated heterocycles. The molecule has 34 heavy (non-hydrogen) atoms. The first-order valence-corrected chi connectivity index (χ1v) is 12.4. The Hall–Kier alpha value is -2.99. The molecule has 4 nitrogen and oxygen atoms in total. The lowest BCUT2D eigenvalue weighted by molar-refractivity contribution is -0.133. The second-order valence-corrected chi connectivity index (χ2v) is 10.8. The zero-order valence-corrected chi connectivity index (χ0v) is 21.4. The lowest BCUT2D eigenvalue weighted by atomic mass is 9.86. The minimum absolute atomic E-state index is 0.00206. The molecule has 180 valence electrons. The molecular weight excluding hydrogens is 447 g/mol. The highest BCUT2D eigenvalue weighted by Crippen LogP contribution is 2.23. The van der Waals surface area contributed by atoms with Gasteiger partial charge in [-0.15, -0.1) is 11.3 Å². The van der Waals surface area contributed by atoms with Gasteiger partial charge in [-0.3, -0.25) is 9.59 Å². The molecule has 1 heterocycles. The number of nitrogens with zero attached hydrogens (tertiary/aromatic N) is 2. The molecule has 6 heteroatoms. The maximum atomic E-state index is 13.4. The van der Waals surface area contributed by atoms with Crippen LogP contribution in [0.25, 0.3) is 0 Å². The number of amides is 2. The first-order valence-electron chi connectivity index (χ1n) is 11.5. The summed E-state index contributed by atoms with van der Waals surface area (Å²) in [5, 5.41) is 1.97. The normalized spacial score (nSPS) is 11.5. The number of carbonyl (C=O) groups is 2. The van der Waals surface area contributed by atoms with E-state index in [2.05, 4.69) is 20.8 Å². The van der Waals surface area contributed by atoms with Crippen molar-refractivity contribution >= 4 is 23.2 Å². The third kappa shape index (κ3) is 6.76.